The molecule has 0 spiro atoms. The maximum atomic E-state index is 12.2. The smallest absolute Gasteiger partial charge is 0.228 e. The second-order valence-electron chi connectivity index (χ2n) is 7.84. The third-order valence-electron chi connectivity index (χ3n) is 6.32. The number of aromatic nitrogens is 2. The number of carbonyl (C=O) groups is 1. The summed E-state index contributed by atoms with van der Waals surface area (Å²) in [5, 5.41) is 4.26. The molecule has 30 heavy (non-hydrogen) atoms. The van der Waals surface area contributed by atoms with Crippen molar-refractivity contribution in [3.63, 3.8) is 0 Å². The second kappa shape index (κ2) is 7.32. The zero-order valence-electron chi connectivity index (χ0n) is 16.8. The summed E-state index contributed by atoms with van der Waals surface area (Å²) >= 11 is 7.63. The minimum atomic E-state index is -0.473. The standard InChI is InChI=1S/C22H21ClN4O2S/c1-3-22(21(23)28)5-4-14-17(8-22)30-20-18(14)19(25-11-26-20)27-15-6-12-9-24-10-13(12)7-16(15)29-2/h6-7,9,11H,3-5,8,10H2,1-2H3,(H,25,26,27)/t22-/m1/s1. The highest BCUT2D eigenvalue weighted by molar-refractivity contribution is 7.19. The van der Waals surface area contributed by atoms with Crippen LogP contribution >= 0.6 is 22.9 Å². The molecule has 3 heterocycles. The number of benzene rings is 1. The number of thiophene rings is 1. The van der Waals surface area contributed by atoms with Gasteiger partial charge in [-0.05, 0) is 66.1 Å². The zero-order valence-corrected chi connectivity index (χ0v) is 18.4. The Morgan fingerprint density at radius 1 is 1.37 bits per heavy atom. The van der Waals surface area contributed by atoms with Gasteiger partial charge in [-0.3, -0.25) is 9.79 Å². The Balaban J connectivity index is 1.58. The molecule has 5 rings (SSSR count). The third-order valence-corrected chi connectivity index (χ3v) is 7.86. The van der Waals surface area contributed by atoms with Crippen molar-refractivity contribution in [1.29, 1.82) is 0 Å². The van der Waals surface area contributed by atoms with Crippen LogP contribution in [0.2, 0.25) is 0 Å². The van der Waals surface area contributed by atoms with Gasteiger partial charge in [0.25, 0.3) is 0 Å². The fourth-order valence-corrected chi connectivity index (χ4v) is 6.07. The molecule has 1 aliphatic heterocycles. The number of methoxy groups -OCH3 is 1. The lowest BCUT2D eigenvalue weighted by Gasteiger charge is -2.32. The summed E-state index contributed by atoms with van der Waals surface area (Å²) in [4.78, 5) is 27.7. The number of aliphatic imine (C=N–C) groups is 1. The van der Waals surface area contributed by atoms with Crippen molar-refractivity contribution in [2.45, 2.75) is 39.2 Å². The van der Waals surface area contributed by atoms with E-state index in [1.54, 1.807) is 24.8 Å². The van der Waals surface area contributed by atoms with Crippen molar-refractivity contribution in [3.8, 4) is 5.75 Å². The van der Waals surface area contributed by atoms with Gasteiger partial charge in [0.05, 0.1) is 24.7 Å². The molecule has 0 saturated heterocycles. The number of hydrogen-bond donors (Lipinski definition) is 1. The molecule has 2 aliphatic rings. The number of halogens is 1. The minimum Gasteiger partial charge on any atom is -0.495 e. The lowest BCUT2D eigenvalue weighted by Crippen LogP contribution is -2.33. The van der Waals surface area contributed by atoms with Crippen molar-refractivity contribution in [2.75, 3.05) is 12.4 Å². The van der Waals surface area contributed by atoms with E-state index >= 15 is 0 Å². The van der Waals surface area contributed by atoms with E-state index in [2.05, 4.69) is 20.3 Å². The maximum Gasteiger partial charge on any atom is 0.228 e. The van der Waals surface area contributed by atoms with Crippen molar-refractivity contribution in [3.05, 3.63) is 40.0 Å². The quantitative estimate of drug-likeness (QED) is 0.563. The lowest BCUT2D eigenvalue weighted by molar-refractivity contribution is -0.121. The first-order valence-corrected chi connectivity index (χ1v) is 11.2. The van der Waals surface area contributed by atoms with Crippen LogP contribution in [0.5, 0.6) is 5.75 Å². The van der Waals surface area contributed by atoms with Crippen LogP contribution in [-0.4, -0.2) is 28.5 Å². The number of nitrogens with zero attached hydrogens (tertiary/aromatic N) is 3. The Kier molecular flexibility index (Phi) is 4.75. The molecular formula is C22H21ClN4O2S. The second-order valence-corrected chi connectivity index (χ2v) is 9.26. The van der Waals surface area contributed by atoms with Gasteiger partial charge in [-0.25, -0.2) is 9.97 Å². The third kappa shape index (κ3) is 2.99. The molecule has 6 nitrogen and oxygen atoms in total. The topological polar surface area (TPSA) is 76.5 Å². The van der Waals surface area contributed by atoms with Gasteiger partial charge in [0.2, 0.25) is 5.24 Å². The normalized spacial score (nSPS) is 19.6. The van der Waals surface area contributed by atoms with E-state index in [1.807, 2.05) is 25.3 Å². The first-order valence-electron chi connectivity index (χ1n) is 9.97. The average molecular weight is 441 g/mol. The number of nitrogens with one attached hydrogen (secondary N) is 1. The van der Waals surface area contributed by atoms with Crippen LogP contribution in [0.25, 0.3) is 10.2 Å². The highest BCUT2D eigenvalue weighted by atomic mass is 35.5. The fourth-order valence-electron chi connectivity index (χ4n) is 4.44. The maximum absolute atomic E-state index is 12.2. The largest absolute Gasteiger partial charge is 0.495 e. The predicted octanol–water partition coefficient (Wildman–Crippen LogP) is 5.03. The molecular weight excluding hydrogens is 420 g/mol. The number of fused-ring (bicyclic) bond motifs is 4. The average Bonchev–Trinajstić information content (AvgIpc) is 3.36. The Morgan fingerprint density at radius 3 is 3.00 bits per heavy atom. The summed E-state index contributed by atoms with van der Waals surface area (Å²) in [6.45, 7) is 2.72. The Hall–Kier alpha value is -2.51. The summed E-state index contributed by atoms with van der Waals surface area (Å²) in [6, 6.07) is 4.07. The van der Waals surface area contributed by atoms with E-state index < -0.39 is 5.41 Å². The van der Waals surface area contributed by atoms with Crippen LogP contribution in [-0.2, 0) is 24.2 Å². The van der Waals surface area contributed by atoms with E-state index in [1.165, 1.54) is 10.4 Å². The molecule has 2 aromatic heterocycles. The lowest BCUT2D eigenvalue weighted by atomic mass is 9.73. The van der Waals surface area contributed by atoms with Gasteiger partial charge in [0.15, 0.2) is 0 Å². The van der Waals surface area contributed by atoms with Gasteiger partial charge in [0, 0.05) is 16.5 Å². The van der Waals surface area contributed by atoms with E-state index in [-0.39, 0.29) is 5.24 Å². The van der Waals surface area contributed by atoms with Crippen molar-refractivity contribution < 1.29 is 9.53 Å². The summed E-state index contributed by atoms with van der Waals surface area (Å²) in [7, 11) is 1.66. The minimum absolute atomic E-state index is 0.234. The van der Waals surface area contributed by atoms with Crippen LogP contribution in [0.1, 0.15) is 41.3 Å². The van der Waals surface area contributed by atoms with E-state index in [0.29, 0.717) is 13.0 Å². The van der Waals surface area contributed by atoms with Crippen LogP contribution in [0.4, 0.5) is 11.5 Å². The van der Waals surface area contributed by atoms with Gasteiger partial charge in [-0.2, -0.15) is 0 Å². The molecule has 0 unspecified atom stereocenters. The summed E-state index contributed by atoms with van der Waals surface area (Å²) in [6.07, 6.45) is 6.41. The van der Waals surface area contributed by atoms with E-state index in [4.69, 9.17) is 16.3 Å². The number of ether oxygens (including phenoxy) is 1. The number of anilines is 2. The molecule has 154 valence electrons. The van der Waals surface area contributed by atoms with Gasteiger partial charge >= 0.3 is 0 Å². The molecule has 1 N–H and O–H groups in total. The fraction of sp³-hybridized carbons (Fsp3) is 0.364. The first-order chi connectivity index (χ1) is 14.5. The van der Waals surface area contributed by atoms with Crippen LogP contribution < -0.4 is 10.1 Å². The molecule has 0 fully saturated rings. The molecule has 0 bridgehead atoms. The van der Waals surface area contributed by atoms with Gasteiger partial charge in [-0.15, -0.1) is 11.3 Å². The zero-order chi connectivity index (χ0) is 20.9. The summed E-state index contributed by atoms with van der Waals surface area (Å²) in [5.74, 6) is 1.51. The van der Waals surface area contributed by atoms with Crippen LogP contribution in [0.15, 0.2) is 23.5 Å². The summed E-state index contributed by atoms with van der Waals surface area (Å²) in [5.41, 5.74) is 3.84. The molecule has 1 aromatic carbocycles. The van der Waals surface area contributed by atoms with Crippen molar-refractivity contribution >= 4 is 56.1 Å². The number of hydrogen-bond acceptors (Lipinski definition) is 7. The number of aryl methyl sites for hydroxylation is 1. The number of carbonyl (C=O) groups excluding carboxylic acids is 1. The van der Waals surface area contributed by atoms with Gasteiger partial charge in [-0.1, -0.05) is 6.92 Å². The van der Waals surface area contributed by atoms with Crippen LogP contribution in [0, 0.1) is 5.41 Å². The van der Waals surface area contributed by atoms with Gasteiger partial charge < -0.3 is 10.1 Å². The van der Waals surface area contributed by atoms with Crippen molar-refractivity contribution in [2.24, 2.45) is 10.4 Å². The molecule has 1 atom stereocenters. The molecule has 3 aromatic rings. The Labute approximate surface area is 183 Å². The molecule has 0 saturated carbocycles. The van der Waals surface area contributed by atoms with Crippen LogP contribution in [0.3, 0.4) is 0 Å². The SMILES string of the molecule is CC[C@@]1(C(=O)Cl)CCc2c(sc3ncnc(Nc4cc5c(cc4OC)CN=C5)c23)C1. The Bertz CT molecular complexity index is 1210. The predicted molar refractivity (Wildman–Crippen MR) is 121 cm³/mol. The van der Waals surface area contributed by atoms with E-state index in [0.717, 1.165) is 57.9 Å². The molecule has 0 radical (unpaired) electrons. The highest BCUT2D eigenvalue weighted by Gasteiger charge is 2.40. The molecule has 1 aliphatic carbocycles. The molecule has 8 heteroatoms. The first kappa shape index (κ1) is 19.5. The van der Waals surface area contributed by atoms with Gasteiger partial charge in [0.1, 0.15) is 22.7 Å². The Morgan fingerprint density at radius 2 is 2.23 bits per heavy atom. The van der Waals surface area contributed by atoms with E-state index in [9.17, 15) is 4.79 Å². The molecule has 0 amide bonds. The van der Waals surface area contributed by atoms with Crippen molar-refractivity contribution in [1.82, 2.24) is 9.97 Å². The monoisotopic (exact) mass is 440 g/mol. The summed E-state index contributed by atoms with van der Waals surface area (Å²) < 4.78 is 5.61. The number of rotatable bonds is 5. The highest BCUT2D eigenvalue weighted by Crippen LogP contribution is 2.47.